The lowest BCUT2D eigenvalue weighted by Gasteiger charge is -2.29. The first-order valence-corrected chi connectivity index (χ1v) is 9.84. The van der Waals surface area contributed by atoms with Crippen molar-refractivity contribution in [2.24, 2.45) is 0 Å². The normalized spacial score (nSPS) is 20.8. The molecule has 0 bridgehead atoms. The number of ether oxygens (including phenoxy) is 1. The molecule has 2 aliphatic rings. The third-order valence-electron chi connectivity index (χ3n) is 5.96. The quantitative estimate of drug-likeness (QED) is 0.250. The van der Waals surface area contributed by atoms with Crippen LogP contribution in [0.1, 0.15) is 42.3 Å². The fourth-order valence-electron chi connectivity index (χ4n) is 4.19. The Hall–Kier alpha value is -4.07. The Bertz CT molecular complexity index is 1280. The van der Waals surface area contributed by atoms with Crippen molar-refractivity contribution in [3.8, 4) is 23.0 Å². The molecule has 1 aliphatic heterocycles. The lowest BCUT2D eigenvalue weighted by molar-refractivity contribution is -0.123. The molecule has 0 fully saturated rings. The van der Waals surface area contributed by atoms with Gasteiger partial charge in [-0.2, -0.15) is 0 Å². The van der Waals surface area contributed by atoms with E-state index in [-0.39, 0.29) is 51.0 Å². The van der Waals surface area contributed by atoms with Gasteiger partial charge >= 0.3 is 0 Å². The maximum absolute atomic E-state index is 13.7. The molecule has 4 rings (SSSR count). The SMILES string of the molecule is CC(=O)c1c(O)c(C)c(O)c2c1OC1=CC(=O)/C(=C(/C)Nc3ccc(O)cc3)C(=O)[C@@]12C. The number of ketones is 3. The van der Waals surface area contributed by atoms with E-state index >= 15 is 0 Å². The van der Waals surface area contributed by atoms with Crippen molar-refractivity contribution < 1.29 is 34.4 Å². The molecule has 0 spiro atoms. The number of hydrogen-bond donors (Lipinski definition) is 4. The van der Waals surface area contributed by atoms with Crippen LogP contribution in [0.3, 0.4) is 0 Å². The molecule has 1 heterocycles. The van der Waals surface area contributed by atoms with E-state index in [4.69, 9.17) is 4.74 Å². The van der Waals surface area contributed by atoms with Crippen LogP contribution in [-0.4, -0.2) is 32.7 Å². The highest BCUT2D eigenvalue weighted by atomic mass is 16.5. The summed E-state index contributed by atoms with van der Waals surface area (Å²) in [5.41, 5.74) is -0.947. The summed E-state index contributed by atoms with van der Waals surface area (Å²) in [5.74, 6) is -2.60. The average molecular weight is 435 g/mol. The lowest BCUT2D eigenvalue weighted by atomic mass is 9.70. The second-order valence-electron chi connectivity index (χ2n) is 8.06. The number of fused-ring (bicyclic) bond motifs is 3. The number of phenols is 3. The average Bonchev–Trinajstić information content (AvgIpc) is 3.01. The highest BCUT2D eigenvalue weighted by Gasteiger charge is 2.56. The summed E-state index contributed by atoms with van der Waals surface area (Å²) in [4.78, 5) is 38.8. The molecule has 0 saturated heterocycles. The van der Waals surface area contributed by atoms with Crippen LogP contribution in [0.2, 0.25) is 0 Å². The fraction of sp³-hybridized carbons (Fsp3) is 0.208. The minimum atomic E-state index is -1.57. The first-order valence-electron chi connectivity index (χ1n) is 9.84. The van der Waals surface area contributed by atoms with Crippen LogP contribution < -0.4 is 10.1 Å². The van der Waals surface area contributed by atoms with Gasteiger partial charge in [0.25, 0.3) is 0 Å². The van der Waals surface area contributed by atoms with Gasteiger partial charge in [0.2, 0.25) is 0 Å². The van der Waals surface area contributed by atoms with Crippen LogP contribution in [0.4, 0.5) is 5.69 Å². The molecule has 32 heavy (non-hydrogen) atoms. The predicted octanol–water partition coefficient (Wildman–Crippen LogP) is 3.39. The van der Waals surface area contributed by atoms with Gasteiger partial charge in [-0.15, -0.1) is 0 Å². The molecule has 164 valence electrons. The second kappa shape index (κ2) is 6.98. The fourth-order valence-corrected chi connectivity index (χ4v) is 4.19. The Labute approximate surface area is 183 Å². The van der Waals surface area contributed by atoms with E-state index in [0.717, 1.165) is 6.08 Å². The Morgan fingerprint density at radius 2 is 1.66 bits per heavy atom. The zero-order valence-corrected chi connectivity index (χ0v) is 17.9. The van der Waals surface area contributed by atoms with Gasteiger partial charge in [-0.1, -0.05) is 0 Å². The number of nitrogens with one attached hydrogen (secondary N) is 1. The van der Waals surface area contributed by atoms with Crippen molar-refractivity contribution in [1.29, 1.82) is 0 Å². The van der Waals surface area contributed by atoms with E-state index in [0.29, 0.717) is 5.69 Å². The maximum atomic E-state index is 13.7. The zero-order chi connectivity index (χ0) is 23.5. The predicted molar refractivity (Wildman–Crippen MR) is 115 cm³/mol. The second-order valence-corrected chi connectivity index (χ2v) is 8.06. The van der Waals surface area contributed by atoms with E-state index in [1.807, 2.05) is 0 Å². The summed E-state index contributed by atoms with van der Waals surface area (Å²) in [5, 5.41) is 33.6. The third-order valence-corrected chi connectivity index (χ3v) is 5.96. The monoisotopic (exact) mass is 435 g/mol. The molecule has 1 atom stereocenters. The van der Waals surface area contributed by atoms with Gasteiger partial charge in [-0.25, -0.2) is 0 Å². The van der Waals surface area contributed by atoms with E-state index < -0.39 is 28.5 Å². The van der Waals surface area contributed by atoms with Crippen LogP contribution in [0.15, 0.2) is 47.4 Å². The highest BCUT2D eigenvalue weighted by Crippen LogP contribution is 2.57. The van der Waals surface area contributed by atoms with Crippen LogP contribution in [0.5, 0.6) is 23.0 Å². The summed E-state index contributed by atoms with van der Waals surface area (Å²) in [6.07, 6.45) is 1.16. The zero-order valence-electron chi connectivity index (χ0n) is 17.9. The van der Waals surface area contributed by atoms with Crippen molar-refractivity contribution in [2.45, 2.75) is 33.1 Å². The molecule has 0 aromatic heterocycles. The number of phenolic OH excluding ortho intramolecular Hbond substituents is 3. The van der Waals surface area contributed by atoms with E-state index in [9.17, 15) is 29.7 Å². The molecular weight excluding hydrogens is 414 g/mol. The number of Topliss-reactive ketones (excluding diaryl/α,β-unsaturated/α-hetero) is 2. The first kappa shape index (κ1) is 21.2. The molecule has 0 amide bonds. The minimum absolute atomic E-state index is 0.0218. The van der Waals surface area contributed by atoms with Gasteiger partial charge in [0.15, 0.2) is 17.3 Å². The smallest absolute Gasteiger partial charge is 0.194 e. The van der Waals surface area contributed by atoms with Gasteiger partial charge in [0.05, 0.1) is 11.1 Å². The molecule has 0 radical (unpaired) electrons. The van der Waals surface area contributed by atoms with Crippen LogP contribution >= 0.6 is 0 Å². The maximum Gasteiger partial charge on any atom is 0.194 e. The molecule has 2 aromatic carbocycles. The Morgan fingerprint density at radius 3 is 2.25 bits per heavy atom. The van der Waals surface area contributed by atoms with Gasteiger partial charge in [0, 0.05) is 23.0 Å². The first-order chi connectivity index (χ1) is 15.0. The minimum Gasteiger partial charge on any atom is -0.508 e. The highest BCUT2D eigenvalue weighted by molar-refractivity contribution is 6.31. The topological polar surface area (TPSA) is 133 Å². The molecule has 8 heteroatoms. The van der Waals surface area contributed by atoms with E-state index in [2.05, 4.69) is 5.32 Å². The lowest BCUT2D eigenvalue weighted by Crippen LogP contribution is -2.40. The third kappa shape index (κ3) is 2.80. The largest absolute Gasteiger partial charge is 0.508 e. The van der Waals surface area contributed by atoms with Crippen molar-refractivity contribution >= 4 is 23.0 Å². The van der Waals surface area contributed by atoms with Crippen LogP contribution in [0, 0.1) is 6.92 Å². The van der Waals surface area contributed by atoms with Gasteiger partial charge in [-0.05, 0) is 52.0 Å². The van der Waals surface area contributed by atoms with Gasteiger partial charge < -0.3 is 25.4 Å². The summed E-state index contributed by atoms with van der Waals surface area (Å²) in [7, 11) is 0. The number of benzene rings is 2. The molecule has 0 saturated carbocycles. The van der Waals surface area contributed by atoms with Crippen molar-refractivity contribution in [3.05, 3.63) is 64.1 Å². The van der Waals surface area contributed by atoms with Gasteiger partial charge in [-0.3, -0.25) is 14.4 Å². The summed E-state index contributed by atoms with van der Waals surface area (Å²) in [6.45, 7) is 5.74. The molecule has 8 nitrogen and oxygen atoms in total. The van der Waals surface area contributed by atoms with Crippen molar-refractivity contribution in [1.82, 2.24) is 0 Å². The van der Waals surface area contributed by atoms with E-state index in [1.54, 1.807) is 19.1 Å². The summed E-state index contributed by atoms with van der Waals surface area (Å²) < 4.78 is 5.73. The Balaban J connectivity index is 1.91. The van der Waals surface area contributed by atoms with Crippen LogP contribution in [-0.2, 0) is 15.0 Å². The summed E-state index contributed by atoms with van der Waals surface area (Å²) in [6, 6.07) is 6.10. The number of rotatable bonds is 3. The van der Waals surface area contributed by atoms with Gasteiger partial charge in [0.1, 0.15) is 39.7 Å². The van der Waals surface area contributed by atoms with Crippen molar-refractivity contribution in [2.75, 3.05) is 5.32 Å². The molecule has 2 aromatic rings. The Kier molecular flexibility index (Phi) is 4.62. The standard InChI is InChI=1S/C24H21NO7/c1-10-20(29)18(12(3)26)22-19(21(10)30)24(4)16(32-22)9-15(28)17(23(24)31)11(2)25-13-5-7-14(27)8-6-13/h5-9,25,27,29-30H,1-4H3/b17-11+/t24-/m0/s1. The number of carbonyl (C=O) groups is 3. The Morgan fingerprint density at radius 1 is 1.03 bits per heavy atom. The number of hydrogen-bond acceptors (Lipinski definition) is 8. The molecule has 0 unspecified atom stereocenters. The van der Waals surface area contributed by atoms with Crippen LogP contribution in [0.25, 0.3) is 0 Å². The number of aromatic hydroxyl groups is 3. The van der Waals surface area contributed by atoms with Crippen molar-refractivity contribution in [3.63, 3.8) is 0 Å². The number of carbonyl (C=O) groups excluding carboxylic acids is 3. The number of anilines is 1. The molecular formula is C24H21NO7. The molecule has 1 aliphatic carbocycles. The number of allylic oxidation sites excluding steroid dienone is 4. The van der Waals surface area contributed by atoms with E-state index in [1.165, 1.54) is 32.9 Å². The molecule has 4 N–H and O–H groups in total. The summed E-state index contributed by atoms with van der Waals surface area (Å²) >= 11 is 0.